The molecule has 106 valence electrons. The zero-order valence-corrected chi connectivity index (χ0v) is 12.3. The van der Waals surface area contributed by atoms with Crippen molar-refractivity contribution in [3.05, 3.63) is 29.8 Å². The van der Waals surface area contributed by atoms with Crippen molar-refractivity contribution in [2.45, 2.75) is 39.3 Å². The molecule has 19 heavy (non-hydrogen) atoms. The summed E-state index contributed by atoms with van der Waals surface area (Å²) in [5, 5.41) is 0. The Hall–Kier alpha value is -1.06. The molecule has 1 aromatic carbocycles. The van der Waals surface area contributed by atoms with Gasteiger partial charge >= 0.3 is 0 Å². The molecule has 0 spiro atoms. The summed E-state index contributed by atoms with van der Waals surface area (Å²) >= 11 is 0. The normalized spacial score (nSPS) is 25.5. The summed E-state index contributed by atoms with van der Waals surface area (Å²) in [5.41, 5.74) is 7.29. The van der Waals surface area contributed by atoms with Crippen LogP contribution in [-0.4, -0.2) is 30.6 Å². The molecule has 0 bridgehead atoms. The van der Waals surface area contributed by atoms with Crippen LogP contribution in [-0.2, 0) is 0 Å². The molecule has 3 atom stereocenters. The fourth-order valence-corrected chi connectivity index (χ4v) is 3.25. The molecule has 3 unspecified atom stereocenters. The first kappa shape index (κ1) is 14.4. The molecule has 1 heterocycles. The van der Waals surface area contributed by atoms with E-state index in [1.165, 1.54) is 12.0 Å². The van der Waals surface area contributed by atoms with E-state index in [-0.39, 0.29) is 6.04 Å². The van der Waals surface area contributed by atoms with E-state index >= 15 is 0 Å². The van der Waals surface area contributed by atoms with Crippen LogP contribution in [0.4, 0.5) is 0 Å². The van der Waals surface area contributed by atoms with Crippen molar-refractivity contribution in [1.29, 1.82) is 0 Å². The largest absolute Gasteiger partial charge is 0.494 e. The number of nitrogens with zero attached hydrogens (tertiary/aromatic N) is 1. The Labute approximate surface area is 116 Å². The van der Waals surface area contributed by atoms with Gasteiger partial charge in [0.05, 0.1) is 12.6 Å². The van der Waals surface area contributed by atoms with Crippen molar-refractivity contribution < 1.29 is 4.74 Å². The zero-order valence-electron chi connectivity index (χ0n) is 12.3. The molecule has 0 aliphatic carbocycles. The van der Waals surface area contributed by atoms with E-state index in [1.807, 2.05) is 19.1 Å². The Morgan fingerprint density at radius 3 is 2.68 bits per heavy atom. The Kier molecular flexibility index (Phi) is 4.83. The second kappa shape index (κ2) is 6.40. The van der Waals surface area contributed by atoms with E-state index in [1.54, 1.807) is 0 Å². The number of para-hydroxylation sites is 1. The minimum absolute atomic E-state index is 0.266. The van der Waals surface area contributed by atoms with E-state index in [9.17, 15) is 0 Å². The summed E-state index contributed by atoms with van der Waals surface area (Å²) in [5.74, 6) is 1.73. The van der Waals surface area contributed by atoms with Gasteiger partial charge in [-0.05, 0) is 32.3 Å². The number of nitrogens with two attached hydrogens (primary N) is 1. The van der Waals surface area contributed by atoms with Crippen LogP contribution in [0.3, 0.4) is 0 Å². The highest BCUT2D eigenvalue weighted by Crippen LogP contribution is 2.35. The molecule has 0 radical (unpaired) electrons. The molecule has 1 aromatic rings. The first-order valence-electron chi connectivity index (χ1n) is 7.34. The van der Waals surface area contributed by atoms with E-state index in [0.29, 0.717) is 19.2 Å². The van der Waals surface area contributed by atoms with Gasteiger partial charge in [0.2, 0.25) is 0 Å². The summed E-state index contributed by atoms with van der Waals surface area (Å²) in [7, 11) is 0. The Balaban J connectivity index is 2.26. The number of hydrogen-bond acceptors (Lipinski definition) is 3. The Bertz CT molecular complexity index is 407. The van der Waals surface area contributed by atoms with Crippen LogP contribution in [0, 0.1) is 5.92 Å². The van der Waals surface area contributed by atoms with Crippen molar-refractivity contribution >= 4 is 0 Å². The number of hydrogen-bond donors (Lipinski definition) is 1. The summed E-state index contributed by atoms with van der Waals surface area (Å²) < 4.78 is 5.76. The number of likely N-dealkylation sites (tertiary alicyclic amines) is 1. The van der Waals surface area contributed by atoms with E-state index in [4.69, 9.17) is 10.5 Å². The van der Waals surface area contributed by atoms with Gasteiger partial charge in [0.25, 0.3) is 0 Å². The third-order valence-electron chi connectivity index (χ3n) is 4.03. The van der Waals surface area contributed by atoms with Crippen LogP contribution in [0.15, 0.2) is 24.3 Å². The molecule has 1 aliphatic heterocycles. The van der Waals surface area contributed by atoms with Crippen molar-refractivity contribution in [3.8, 4) is 5.75 Å². The molecule has 0 aromatic heterocycles. The van der Waals surface area contributed by atoms with Gasteiger partial charge in [-0.25, -0.2) is 0 Å². The average molecular weight is 262 g/mol. The highest BCUT2D eigenvalue weighted by molar-refractivity contribution is 5.36. The van der Waals surface area contributed by atoms with Gasteiger partial charge in [-0.3, -0.25) is 4.90 Å². The smallest absolute Gasteiger partial charge is 0.124 e. The minimum atomic E-state index is 0.266. The molecule has 3 heteroatoms. The Morgan fingerprint density at radius 1 is 1.37 bits per heavy atom. The van der Waals surface area contributed by atoms with Crippen LogP contribution < -0.4 is 10.5 Å². The first-order valence-corrected chi connectivity index (χ1v) is 7.34. The van der Waals surface area contributed by atoms with Gasteiger partial charge < -0.3 is 10.5 Å². The third-order valence-corrected chi connectivity index (χ3v) is 4.03. The maximum Gasteiger partial charge on any atom is 0.124 e. The standard InChI is InChI=1S/C16H26N2O/c1-4-19-16-8-6-5-7-14(16)15(10-17)18-11-12(2)9-13(18)3/h5-8,12-13,15H,4,9-11,17H2,1-3H3. The van der Waals surface area contributed by atoms with Crippen LogP contribution in [0.2, 0.25) is 0 Å². The third kappa shape index (κ3) is 3.10. The topological polar surface area (TPSA) is 38.5 Å². The fourth-order valence-electron chi connectivity index (χ4n) is 3.25. The molecule has 2 rings (SSSR count). The zero-order chi connectivity index (χ0) is 13.8. The molecular weight excluding hydrogens is 236 g/mol. The van der Waals surface area contributed by atoms with Crippen molar-refractivity contribution in [1.82, 2.24) is 4.90 Å². The number of rotatable bonds is 5. The summed E-state index contributed by atoms with van der Waals surface area (Å²) in [6.07, 6.45) is 1.26. The fraction of sp³-hybridized carbons (Fsp3) is 0.625. The predicted octanol–water partition coefficient (Wildman–Crippen LogP) is 2.82. The summed E-state index contributed by atoms with van der Waals surface area (Å²) in [6.45, 7) is 9.10. The highest BCUT2D eigenvalue weighted by Gasteiger charge is 2.32. The maximum atomic E-state index is 6.06. The van der Waals surface area contributed by atoms with Gasteiger partial charge in [0.1, 0.15) is 5.75 Å². The molecule has 0 saturated carbocycles. The van der Waals surface area contributed by atoms with Gasteiger partial charge in [0.15, 0.2) is 0 Å². The van der Waals surface area contributed by atoms with Crippen LogP contribution in [0.1, 0.15) is 38.8 Å². The number of ether oxygens (including phenoxy) is 1. The van der Waals surface area contributed by atoms with Crippen molar-refractivity contribution in [2.75, 3.05) is 19.7 Å². The first-order chi connectivity index (χ1) is 9.17. The lowest BCUT2D eigenvalue weighted by Crippen LogP contribution is -2.36. The van der Waals surface area contributed by atoms with Crippen molar-refractivity contribution in [3.63, 3.8) is 0 Å². The highest BCUT2D eigenvalue weighted by atomic mass is 16.5. The maximum absolute atomic E-state index is 6.06. The van der Waals surface area contributed by atoms with Crippen LogP contribution in [0.25, 0.3) is 0 Å². The second-order valence-corrected chi connectivity index (χ2v) is 5.61. The molecule has 1 aliphatic rings. The van der Waals surface area contributed by atoms with Gasteiger partial charge in [-0.15, -0.1) is 0 Å². The van der Waals surface area contributed by atoms with E-state index in [2.05, 4.69) is 30.9 Å². The van der Waals surface area contributed by atoms with Gasteiger partial charge in [-0.2, -0.15) is 0 Å². The van der Waals surface area contributed by atoms with E-state index < -0.39 is 0 Å². The molecular formula is C16H26N2O. The van der Waals surface area contributed by atoms with Gasteiger partial charge in [0, 0.05) is 24.7 Å². The summed E-state index contributed by atoms with van der Waals surface area (Å²) in [4.78, 5) is 2.53. The van der Waals surface area contributed by atoms with E-state index in [0.717, 1.165) is 18.2 Å². The minimum Gasteiger partial charge on any atom is -0.494 e. The quantitative estimate of drug-likeness (QED) is 0.887. The Morgan fingerprint density at radius 2 is 2.11 bits per heavy atom. The lowest BCUT2D eigenvalue weighted by Gasteiger charge is -2.32. The molecule has 1 fully saturated rings. The second-order valence-electron chi connectivity index (χ2n) is 5.61. The number of benzene rings is 1. The predicted molar refractivity (Wildman–Crippen MR) is 79.4 cm³/mol. The molecule has 0 amide bonds. The molecule has 1 saturated heterocycles. The lowest BCUT2D eigenvalue weighted by molar-refractivity contribution is 0.187. The lowest BCUT2D eigenvalue weighted by atomic mass is 10.0. The monoisotopic (exact) mass is 262 g/mol. The van der Waals surface area contributed by atoms with Crippen molar-refractivity contribution in [2.24, 2.45) is 11.7 Å². The van der Waals surface area contributed by atoms with Gasteiger partial charge in [-0.1, -0.05) is 25.1 Å². The molecule has 2 N–H and O–H groups in total. The molecule has 3 nitrogen and oxygen atoms in total. The van der Waals surface area contributed by atoms with Crippen LogP contribution in [0.5, 0.6) is 5.75 Å². The van der Waals surface area contributed by atoms with Crippen LogP contribution >= 0.6 is 0 Å². The average Bonchev–Trinajstić information content (AvgIpc) is 2.72. The summed E-state index contributed by atoms with van der Waals surface area (Å²) in [6, 6.07) is 9.16. The SMILES string of the molecule is CCOc1ccccc1C(CN)N1CC(C)CC1C.